The summed E-state index contributed by atoms with van der Waals surface area (Å²) in [6, 6.07) is 7.83. The molecule has 1 heterocycles. The molecule has 0 saturated carbocycles. The first-order chi connectivity index (χ1) is 9.13. The Morgan fingerprint density at radius 3 is 2.58 bits per heavy atom. The van der Waals surface area contributed by atoms with Gasteiger partial charge in [-0.3, -0.25) is 4.98 Å². The molecule has 0 aliphatic heterocycles. The minimum atomic E-state index is -0.877. The fraction of sp³-hybridized carbons (Fsp3) is 0.214. The second-order valence-electron chi connectivity index (χ2n) is 4.23. The van der Waals surface area contributed by atoms with Crippen LogP contribution in [-0.2, 0) is 0 Å². The Balaban J connectivity index is 2.36. The van der Waals surface area contributed by atoms with Gasteiger partial charge in [-0.1, -0.05) is 15.9 Å². The van der Waals surface area contributed by atoms with Gasteiger partial charge in [0.15, 0.2) is 0 Å². The Bertz CT molecular complexity index is 550. The molecule has 2 atom stereocenters. The quantitative estimate of drug-likeness (QED) is 0.909. The van der Waals surface area contributed by atoms with Crippen LogP contribution in [0.15, 0.2) is 47.2 Å². The summed E-state index contributed by atoms with van der Waals surface area (Å²) in [6.45, 7) is 0.258. The number of nitrogens with zero attached hydrogens (tertiary/aromatic N) is 1. The first-order valence-electron chi connectivity index (χ1n) is 5.86. The number of hydrogen-bond acceptors (Lipinski definition) is 3. The molecule has 0 fully saturated rings. The fourth-order valence-electron chi connectivity index (χ4n) is 2.02. The van der Waals surface area contributed by atoms with Gasteiger partial charge in [-0.25, -0.2) is 4.39 Å². The smallest absolute Gasteiger partial charge is 0.123 e. The molecule has 100 valence electrons. The van der Waals surface area contributed by atoms with Gasteiger partial charge in [0.2, 0.25) is 0 Å². The predicted molar refractivity (Wildman–Crippen MR) is 75.1 cm³/mol. The van der Waals surface area contributed by atoms with E-state index in [1.807, 2.05) is 0 Å². The minimum absolute atomic E-state index is 0.258. The van der Waals surface area contributed by atoms with Gasteiger partial charge in [-0.05, 0) is 41.5 Å². The average Bonchev–Trinajstić information content (AvgIpc) is 2.43. The van der Waals surface area contributed by atoms with Crippen LogP contribution in [0.25, 0.3) is 0 Å². The van der Waals surface area contributed by atoms with Crippen molar-refractivity contribution >= 4 is 15.9 Å². The summed E-state index contributed by atoms with van der Waals surface area (Å²) < 4.78 is 14.0. The summed E-state index contributed by atoms with van der Waals surface area (Å²) in [5.74, 6) is -0.691. The minimum Gasteiger partial charge on any atom is -0.388 e. The lowest BCUT2D eigenvalue weighted by Crippen LogP contribution is -2.20. The lowest BCUT2D eigenvalue weighted by atomic mass is 9.90. The van der Waals surface area contributed by atoms with Gasteiger partial charge in [0.1, 0.15) is 5.82 Å². The van der Waals surface area contributed by atoms with Crippen LogP contribution in [0.3, 0.4) is 0 Å². The van der Waals surface area contributed by atoms with Crippen LogP contribution in [0.2, 0.25) is 0 Å². The number of aliphatic hydroxyl groups is 1. The van der Waals surface area contributed by atoms with Gasteiger partial charge in [-0.2, -0.15) is 0 Å². The van der Waals surface area contributed by atoms with Crippen LogP contribution in [-0.4, -0.2) is 16.6 Å². The molecule has 0 aliphatic rings. The molecule has 0 saturated heterocycles. The molecule has 0 aliphatic carbocycles. The monoisotopic (exact) mass is 324 g/mol. The Morgan fingerprint density at radius 1 is 1.26 bits per heavy atom. The normalized spacial score (nSPS) is 14.1. The first-order valence-corrected chi connectivity index (χ1v) is 6.65. The number of rotatable bonds is 4. The average molecular weight is 325 g/mol. The highest BCUT2D eigenvalue weighted by molar-refractivity contribution is 9.10. The zero-order valence-corrected chi connectivity index (χ0v) is 11.7. The zero-order chi connectivity index (χ0) is 13.8. The highest BCUT2D eigenvalue weighted by Gasteiger charge is 2.23. The maximum atomic E-state index is 13.3. The first kappa shape index (κ1) is 14.1. The van der Waals surface area contributed by atoms with Crippen molar-refractivity contribution in [3.63, 3.8) is 0 Å². The largest absolute Gasteiger partial charge is 0.388 e. The van der Waals surface area contributed by atoms with E-state index >= 15 is 0 Å². The molecule has 2 aromatic rings. The van der Waals surface area contributed by atoms with Crippen molar-refractivity contribution in [1.82, 2.24) is 4.98 Å². The number of aromatic nitrogens is 1. The topological polar surface area (TPSA) is 59.1 Å². The maximum Gasteiger partial charge on any atom is 0.123 e. The number of nitrogens with two attached hydrogens (primary N) is 1. The Hall–Kier alpha value is -1.30. The van der Waals surface area contributed by atoms with Crippen molar-refractivity contribution in [1.29, 1.82) is 0 Å². The van der Waals surface area contributed by atoms with Crippen LogP contribution >= 0.6 is 15.9 Å². The predicted octanol–water partition coefficient (Wildman–Crippen LogP) is 2.76. The summed E-state index contributed by atoms with van der Waals surface area (Å²) in [5.41, 5.74) is 7.11. The Kier molecular flexibility index (Phi) is 4.63. The van der Waals surface area contributed by atoms with Crippen molar-refractivity contribution in [2.75, 3.05) is 6.54 Å². The van der Waals surface area contributed by atoms with Crippen molar-refractivity contribution in [2.45, 2.75) is 12.0 Å². The van der Waals surface area contributed by atoms with Gasteiger partial charge in [0.25, 0.3) is 0 Å². The van der Waals surface area contributed by atoms with Crippen LogP contribution < -0.4 is 5.73 Å². The molecule has 0 bridgehead atoms. The molecule has 2 rings (SSSR count). The molecule has 0 radical (unpaired) electrons. The highest BCUT2D eigenvalue weighted by atomic mass is 79.9. The van der Waals surface area contributed by atoms with E-state index in [4.69, 9.17) is 5.73 Å². The summed E-state index contributed by atoms with van der Waals surface area (Å²) in [5, 5.41) is 10.4. The van der Waals surface area contributed by atoms with Crippen LogP contribution in [0.1, 0.15) is 23.1 Å². The molecule has 1 aromatic carbocycles. The fourth-order valence-corrected chi connectivity index (χ4v) is 2.50. The summed E-state index contributed by atoms with van der Waals surface area (Å²) in [4.78, 5) is 3.93. The molecule has 1 aromatic heterocycles. The Morgan fingerprint density at radius 2 is 1.95 bits per heavy atom. The second kappa shape index (κ2) is 6.23. The van der Waals surface area contributed by atoms with Crippen molar-refractivity contribution < 1.29 is 9.50 Å². The lowest BCUT2D eigenvalue weighted by molar-refractivity contribution is 0.146. The zero-order valence-electron chi connectivity index (χ0n) is 10.1. The van der Waals surface area contributed by atoms with Crippen molar-refractivity contribution in [2.24, 2.45) is 5.73 Å². The summed E-state index contributed by atoms with van der Waals surface area (Å²) in [7, 11) is 0. The van der Waals surface area contributed by atoms with Crippen LogP contribution in [0.5, 0.6) is 0 Å². The molecule has 3 nitrogen and oxygen atoms in total. The van der Waals surface area contributed by atoms with Gasteiger partial charge in [0.05, 0.1) is 6.10 Å². The highest BCUT2D eigenvalue weighted by Crippen LogP contribution is 2.34. The molecule has 0 spiro atoms. The van der Waals surface area contributed by atoms with Gasteiger partial charge < -0.3 is 10.8 Å². The number of benzene rings is 1. The van der Waals surface area contributed by atoms with E-state index in [9.17, 15) is 9.50 Å². The molecule has 3 N–H and O–H groups in total. The SMILES string of the molecule is NCC(c1ccncc1)C(O)c1cc(F)ccc1Br. The molecule has 19 heavy (non-hydrogen) atoms. The number of pyridine rings is 1. The summed E-state index contributed by atoms with van der Waals surface area (Å²) >= 11 is 3.32. The van der Waals surface area contributed by atoms with E-state index in [2.05, 4.69) is 20.9 Å². The lowest BCUT2D eigenvalue weighted by Gasteiger charge is -2.23. The second-order valence-corrected chi connectivity index (χ2v) is 5.09. The molecular formula is C14H14BrFN2O. The third-order valence-electron chi connectivity index (χ3n) is 3.05. The molecule has 2 unspecified atom stereocenters. The van der Waals surface area contributed by atoms with Crippen molar-refractivity contribution in [3.05, 3.63) is 64.1 Å². The third kappa shape index (κ3) is 3.18. The molecular weight excluding hydrogens is 311 g/mol. The van der Waals surface area contributed by atoms with Gasteiger partial charge in [0, 0.05) is 29.3 Å². The number of hydrogen-bond donors (Lipinski definition) is 2. The van der Waals surface area contributed by atoms with E-state index in [1.54, 1.807) is 30.6 Å². The van der Waals surface area contributed by atoms with E-state index in [0.29, 0.717) is 10.0 Å². The van der Waals surface area contributed by atoms with E-state index in [0.717, 1.165) is 5.56 Å². The maximum absolute atomic E-state index is 13.3. The van der Waals surface area contributed by atoms with E-state index in [-0.39, 0.29) is 18.3 Å². The summed E-state index contributed by atoms with van der Waals surface area (Å²) in [6.07, 6.45) is 2.41. The number of halogens is 2. The number of aliphatic hydroxyl groups excluding tert-OH is 1. The van der Waals surface area contributed by atoms with Crippen LogP contribution in [0.4, 0.5) is 4.39 Å². The van der Waals surface area contributed by atoms with E-state index < -0.39 is 6.10 Å². The van der Waals surface area contributed by atoms with E-state index in [1.165, 1.54) is 12.1 Å². The third-order valence-corrected chi connectivity index (χ3v) is 3.77. The van der Waals surface area contributed by atoms with Gasteiger partial charge in [-0.15, -0.1) is 0 Å². The standard InChI is InChI=1S/C14H14BrFN2O/c15-13-2-1-10(16)7-11(13)14(19)12(8-17)9-3-5-18-6-4-9/h1-7,12,14,19H,8,17H2. The van der Waals surface area contributed by atoms with Gasteiger partial charge >= 0.3 is 0 Å². The van der Waals surface area contributed by atoms with Crippen LogP contribution in [0, 0.1) is 5.82 Å². The molecule has 0 amide bonds. The Labute approximate surface area is 119 Å². The molecule has 5 heteroatoms. The van der Waals surface area contributed by atoms with Crippen molar-refractivity contribution in [3.8, 4) is 0 Å².